The molecule has 0 heteroatoms. The van der Waals surface area contributed by atoms with Crippen LogP contribution in [0.15, 0.2) is 0 Å². The summed E-state index contributed by atoms with van der Waals surface area (Å²) < 4.78 is 0. The van der Waals surface area contributed by atoms with Crippen LogP contribution >= 0.6 is 0 Å². The van der Waals surface area contributed by atoms with Gasteiger partial charge in [-0.3, -0.25) is 0 Å². The van der Waals surface area contributed by atoms with Crippen molar-refractivity contribution >= 4 is 0 Å². The van der Waals surface area contributed by atoms with Gasteiger partial charge in [-0.2, -0.15) is 0 Å². The van der Waals surface area contributed by atoms with Crippen LogP contribution in [0.4, 0.5) is 0 Å². The third kappa shape index (κ3) is 7.26. The lowest BCUT2D eigenvalue weighted by atomic mass is 9.60. The Morgan fingerprint density at radius 3 is 2.15 bits per heavy atom. The lowest BCUT2D eigenvalue weighted by Crippen LogP contribution is -2.36. The summed E-state index contributed by atoms with van der Waals surface area (Å²) in [5.74, 6) is 7.89. The fourth-order valence-corrected chi connectivity index (χ4v) is 9.25. The summed E-state index contributed by atoms with van der Waals surface area (Å²) in [6.07, 6.45) is 27.2. The van der Waals surface area contributed by atoms with Crippen LogP contribution in [0.2, 0.25) is 0 Å². The smallest absolute Gasteiger partial charge is 0.0246 e. The molecule has 0 aromatic rings. The quantitative estimate of drug-likeness (QED) is 0.317. The Bertz CT molecular complexity index is 534. The molecular formula is C33H62. The number of rotatable bonds is 8. The van der Waals surface area contributed by atoms with E-state index in [2.05, 4.69) is 41.5 Å². The largest absolute Gasteiger partial charge is 0.0654 e. The fraction of sp³-hybridized carbons (Fsp3) is 1.00. The molecule has 0 amide bonds. The highest BCUT2D eigenvalue weighted by molar-refractivity contribution is 4.94. The Balaban J connectivity index is 1.66. The van der Waals surface area contributed by atoms with Crippen molar-refractivity contribution in [2.75, 3.05) is 0 Å². The molecule has 3 saturated carbocycles. The van der Waals surface area contributed by atoms with Gasteiger partial charge >= 0.3 is 0 Å². The van der Waals surface area contributed by atoms with Crippen LogP contribution in [-0.4, -0.2) is 0 Å². The molecule has 0 spiro atoms. The SMILES string of the molecule is CCCC1CCC(C(C)C)CCC1CCCC1CCC2CCCC(C)CCC1(CC)C(C)C2. The van der Waals surface area contributed by atoms with Gasteiger partial charge in [0.2, 0.25) is 0 Å². The molecule has 2 bridgehead atoms. The zero-order valence-electron chi connectivity index (χ0n) is 23.8. The van der Waals surface area contributed by atoms with Gasteiger partial charge in [-0.05, 0) is 111 Å². The van der Waals surface area contributed by atoms with Crippen molar-refractivity contribution in [1.29, 1.82) is 0 Å². The molecule has 0 saturated heterocycles. The molecule has 3 aliphatic rings. The molecule has 194 valence electrons. The normalized spacial score (nSPS) is 41.0. The summed E-state index contributed by atoms with van der Waals surface area (Å²) in [5, 5.41) is 0. The maximum absolute atomic E-state index is 2.68. The first-order chi connectivity index (χ1) is 15.9. The average molecular weight is 459 g/mol. The summed E-state index contributed by atoms with van der Waals surface area (Å²) in [4.78, 5) is 0. The van der Waals surface area contributed by atoms with Crippen LogP contribution in [0.25, 0.3) is 0 Å². The first-order valence-electron chi connectivity index (χ1n) is 15.9. The molecule has 0 nitrogen and oxygen atoms in total. The van der Waals surface area contributed by atoms with E-state index in [1.165, 1.54) is 89.9 Å². The maximum Gasteiger partial charge on any atom is -0.0246 e. The van der Waals surface area contributed by atoms with E-state index in [0.717, 1.165) is 47.3 Å². The van der Waals surface area contributed by atoms with Crippen LogP contribution in [0.3, 0.4) is 0 Å². The van der Waals surface area contributed by atoms with Crippen LogP contribution in [0, 0.1) is 52.8 Å². The molecule has 3 fully saturated rings. The van der Waals surface area contributed by atoms with Gasteiger partial charge in [0.1, 0.15) is 0 Å². The second kappa shape index (κ2) is 13.3. The molecule has 0 aromatic heterocycles. The Kier molecular flexibility index (Phi) is 11.2. The van der Waals surface area contributed by atoms with Gasteiger partial charge in [-0.1, -0.05) is 99.3 Å². The molecule has 0 heterocycles. The summed E-state index contributed by atoms with van der Waals surface area (Å²) in [5.41, 5.74) is 0.648. The van der Waals surface area contributed by atoms with Crippen LogP contribution < -0.4 is 0 Å². The van der Waals surface area contributed by atoms with Gasteiger partial charge in [-0.15, -0.1) is 0 Å². The summed E-state index contributed by atoms with van der Waals surface area (Å²) in [7, 11) is 0. The van der Waals surface area contributed by atoms with E-state index in [0.29, 0.717) is 5.41 Å². The monoisotopic (exact) mass is 458 g/mol. The Morgan fingerprint density at radius 2 is 1.48 bits per heavy atom. The average Bonchev–Trinajstić information content (AvgIpc) is 3.07. The topological polar surface area (TPSA) is 0 Å². The van der Waals surface area contributed by atoms with E-state index < -0.39 is 0 Å². The number of hydrogen-bond donors (Lipinski definition) is 0. The van der Waals surface area contributed by atoms with Gasteiger partial charge in [0.25, 0.3) is 0 Å². The second-order valence-corrected chi connectivity index (χ2v) is 13.8. The van der Waals surface area contributed by atoms with Crippen LogP contribution in [-0.2, 0) is 0 Å². The molecule has 8 atom stereocenters. The zero-order valence-corrected chi connectivity index (χ0v) is 23.8. The summed E-state index contributed by atoms with van der Waals surface area (Å²) >= 11 is 0. The number of fused-ring (bicyclic) bond motifs is 3. The molecule has 33 heavy (non-hydrogen) atoms. The van der Waals surface area contributed by atoms with Crippen molar-refractivity contribution in [3.63, 3.8) is 0 Å². The minimum atomic E-state index is 0.648. The molecule has 0 aliphatic heterocycles. The Morgan fingerprint density at radius 1 is 0.758 bits per heavy atom. The molecular weight excluding hydrogens is 396 g/mol. The lowest BCUT2D eigenvalue weighted by molar-refractivity contribution is 0.0435. The summed E-state index contributed by atoms with van der Waals surface area (Å²) in [6.45, 7) is 15.2. The highest BCUT2D eigenvalue weighted by Crippen LogP contribution is 2.54. The predicted molar refractivity (Wildman–Crippen MR) is 148 cm³/mol. The van der Waals surface area contributed by atoms with E-state index >= 15 is 0 Å². The standard InChI is InChI=1S/C33H62/c1-7-11-30-19-17-29(25(3)4)18-20-31(30)14-10-15-32-21-16-28-13-9-12-26(5)22-23-33(32,8-2)27(6)24-28/h25-32H,7-24H2,1-6H3. The minimum absolute atomic E-state index is 0.648. The van der Waals surface area contributed by atoms with Gasteiger partial charge in [0.15, 0.2) is 0 Å². The Labute approximate surface area is 209 Å². The fourth-order valence-electron chi connectivity index (χ4n) is 9.25. The highest BCUT2D eigenvalue weighted by atomic mass is 14.5. The van der Waals surface area contributed by atoms with Gasteiger partial charge in [-0.25, -0.2) is 0 Å². The van der Waals surface area contributed by atoms with Crippen molar-refractivity contribution in [2.45, 2.75) is 157 Å². The molecule has 0 radical (unpaired) electrons. The summed E-state index contributed by atoms with van der Waals surface area (Å²) in [6, 6.07) is 0. The first kappa shape index (κ1) is 27.6. The zero-order chi connectivity index (χ0) is 23.8. The van der Waals surface area contributed by atoms with Crippen molar-refractivity contribution in [3.05, 3.63) is 0 Å². The molecule has 8 unspecified atom stereocenters. The first-order valence-corrected chi connectivity index (χ1v) is 15.9. The van der Waals surface area contributed by atoms with E-state index in [4.69, 9.17) is 0 Å². The van der Waals surface area contributed by atoms with Crippen molar-refractivity contribution < 1.29 is 0 Å². The predicted octanol–water partition coefficient (Wildman–Crippen LogP) is 11.1. The lowest BCUT2D eigenvalue weighted by Gasteiger charge is -2.45. The van der Waals surface area contributed by atoms with Crippen LogP contribution in [0.1, 0.15) is 157 Å². The van der Waals surface area contributed by atoms with Gasteiger partial charge in [0.05, 0.1) is 0 Å². The van der Waals surface area contributed by atoms with E-state index in [-0.39, 0.29) is 0 Å². The minimum Gasteiger partial charge on any atom is -0.0654 e. The molecule has 3 rings (SSSR count). The highest BCUT2D eigenvalue weighted by Gasteiger charge is 2.44. The van der Waals surface area contributed by atoms with Crippen molar-refractivity contribution in [3.8, 4) is 0 Å². The second-order valence-electron chi connectivity index (χ2n) is 13.8. The van der Waals surface area contributed by atoms with E-state index in [1.807, 2.05) is 0 Å². The molecule has 0 N–H and O–H groups in total. The van der Waals surface area contributed by atoms with E-state index in [1.54, 1.807) is 25.7 Å². The Hall–Kier alpha value is 0. The maximum atomic E-state index is 2.68. The third-order valence-electron chi connectivity index (χ3n) is 11.7. The van der Waals surface area contributed by atoms with Crippen LogP contribution in [0.5, 0.6) is 0 Å². The third-order valence-corrected chi connectivity index (χ3v) is 11.7. The molecule has 3 aliphatic carbocycles. The van der Waals surface area contributed by atoms with Gasteiger partial charge < -0.3 is 0 Å². The van der Waals surface area contributed by atoms with Crippen molar-refractivity contribution in [1.82, 2.24) is 0 Å². The van der Waals surface area contributed by atoms with Crippen molar-refractivity contribution in [2.24, 2.45) is 52.8 Å². The van der Waals surface area contributed by atoms with Gasteiger partial charge in [0, 0.05) is 0 Å². The molecule has 0 aromatic carbocycles. The number of hydrogen-bond acceptors (Lipinski definition) is 0. The van der Waals surface area contributed by atoms with E-state index in [9.17, 15) is 0 Å².